The largest absolute Gasteiger partial charge is 0.416 e. The summed E-state index contributed by atoms with van der Waals surface area (Å²) in [7, 11) is -7.13. The highest BCUT2D eigenvalue weighted by Gasteiger charge is 2.40. The summed E-state index contributed by atoms with van der Waals surface area (Å²) >= 11 is 0. The summed E-state index contributed by atoms with van der Waals surface area (Å²) in [5.74, 6) is -0.999. The van der Waals surface area contributed by atoms with E-state index < -0.39 is 37.5 Å². The second-order valence-electron chi connectivity index (χ2n) is 6.52. The zero-order valence-corrected chi connectivity index (χ0v) is 14.9. The highest BCUT2D eigenvalue weighted by Crippen LogP contribution is 2.40. The van der Waals surface area contributed by atoms with E-state index in [1.54, 1.807) is 0 Å². The maximum atomic E-state index is 13.1. The predicted octanol–water partition coefficient (Wildman–Crippen LogP) is 2.22. The average molecular weight is 397 g/mol. The molecule has 5 nitrogen and oxygen atoms in total. The molecule has 1 aromatic rings. The molecule has 1 saturated heterocycles. The molecule has 2 aliphatic heterocycles. The molecule has 0 amide bonds. The molecule has 1 atom stereocenters. The first-order chi connectivity index (χ1) is 11.5. The SMILES string of the molecule is O=S1(=O)CCCC(CS(=O)(=O)N2CCc3c2cccc3C(F)(F)F)C1. The Kier molecular flexibility index (Phi) is 4.55. The fourth-order valence-electron chi connectivity index (χ4n) is 3.60. The van der Waals surface area contributed by atoms with Crippen LogP contribution in [0.5, 0.6) is 0 Å². The summed E-state index contributed by atoms with van der Waals surface area (Å²) in [5, 5.41) is 0. The van der Waals surface area contributed by atoms with E-state index >= 15 is 0 Å². The zero-order valence-electron chi connectivity index (χ0n) is 13.3. The van der Waals surface area contributed by atoms with E-state index in [0.29, 0.717) is 12.8 Å². The van der Waals surface area contributed by atoms with Crippen LogP contribution in [0.2, 0.25) is 0 Å². The van der Waals surface area contributed by atoms with Crippen molar-refractivity contribution in [3.05, 3.63) is 29.3 Å². The monoisotopic (exact) mass is 397 g/mol. The minimum absolute atomic E-state index is 0.00673. The third kappa shape index (κ3) is 3.79. The number of fused-ring (bicyclic) bond motifs is 1. The second kappa shape index (κ2) is 6.15. The highest BCUT2D eigenvalue weighted by molar-refractivity contribution is 7.93. The maximum absolute atomic E-state index is 13.1. The van der Waals surface area contributed by atoms with Crippen LogP contribution in [0.25, 0.3) is 0 Å². The molecular weight excluding hydrogens is 379 g/mol. The summed E-state index contributed by atoms with van der Waals surface area (Å²) in [6.07, 6.45) is -3.64. The minimum atomic E-state index is -4.54. The van der Waals surface area contributed by atoms with E-state index in [9.17, 15) is 30.0 Å². The van der Waals surface area contributed by atoms with Crippen LogP contribution in [0.4, 0.5) is 18.9 Å². The van der Waals surface area contributed by atoms with Crippen molar-refractivity contribution < 1.29 is 30.0 Å². The Balaban J connectivity index is 1.87. The molecule has 0 spiro atoms. The van der Waals surface area contributed by atoms with Gasteiger partial charge in [-0.15, -0.1) is 0 Å². The van der Waals surface area contributed by atoms with Crippen LogP contribution in [-0.2, 0) is 32.5 Å². The smallest absolute Gasteiger partial charge is 0.270 e. The number of sulfonamides is 1. The van der Waals surface area contributed by atoms with Crippen molar-refractivity contribution in [1.82, 2.24) is 0 Å². The Hall–Kier alpha value is -1.29. The van der Waals surface area contributed by atoms with Gasteiger partial charge in [-0.05, 0) is 42.9 Å². The van der Waals surface area contributed by atoms with Crippen LogP contribution < -0.4 is 4.31 Å². The van der Waals surface area contributed by atoms with Crippen molar-refractivity contribution in [1.29, 1.82) is 0 Å². The molecule has 1 unspecified atom stereocenters. The van der Waals surface area contributed by atoms with Crippen LogP contribution in [0.1, 0.15) is 24.0 Å². The van der Waals surface area contributed by atoms with Gasteiger partial charge in [0.05, 0.1) is 28.5 Å². The number of sulfone groups is 1. The first kappa shape index (κ1) is 18.5. The lowest BCUT2D eigenvalue weighted by molar-refractivity contribution is -0.138. The van der Waals surface area contributed by atoms with E-state index in [2.05, 4.69) is 0 Å². The minimum Gasteiger partial charge on any atom is -0.270 e. The molecule has 1 fully saturated rings. The molecule has 0 radical (unpaired) electrons. The predicted molar refractivity (Wildman–Crippen MR) is 87.7 cm³/mol. The number of halogens is 3. The van der Waals surface area contributed by atoms with Gasteiger partial charge >= 0.3 is 6.18 Å². The lowest BCUT2D eigenvalue weighted by Gasteiger charge is -2.26. The van der Waals surface area contributed by atoms with E-state index in [-0.39, 0.29) is 41.5 Å². The molecule has 0 aliphatic carbocycles. The van der Waals surface area contributed by atoms with Crippen LogP contribution >= 0.6 is 0 Å². The van der Waals surface area contributed by atoms with Gasteiger partial charge in [0, 0.05) is 6.54 Å². The number of benzene rings is 1. The molecule has 0 N–H and O–H groups in total. The van der Waals surface area contributed by atoms with Gasteiger partial charge in [-0.1, -0.05) is 6.07 Å². The van der Waals surface area contributed by atoms with Gasteiger partial charge < -0.3 is 0 Å². The lowest BCUT2D eigenvalue weighted by Crippen LogP contribution is -2.37. The Labute approximate surface area is 144 Å². The second-order valence-corrected chi connectivity index (χ2v) is 10.7. The van der Waals surface area contributed by atoms with E-state index in [4.69, 9.17) is 0 Å². The van der Waals surface area contributed by atoms with Crippen LogP contribution in [0.3, 0.4) is 0 Å². The standard InChI is InChI=1S/C15H18F3NO4S2/c16-15(17,18)13-4-1-5-14-12(13)6-7-19(14)25(22,23)10-11-3-2-8-24(20,21)9-11/h1,4-5,11H,2-3,6-10H2. The summed E-state index contributed by atoms with van der Waals surface area (Å²) in [4.78, 5) is 0. The van der Waals surface area contributed by atoms with Gasteiger partial charge in [-0.3, -0.25) is 4.31 Å². The van der Waals surface area contributed by atoms with E-state index in [1.807, 2.05) is 0 Å². The molecule has 0 saturated carbocycles. The third-order valence-electron chi connectivity index (χ3n) is 4.63. The van der Waals surface area contributed by atoms with E-state index in [1.165, 1.54) is 12.1 Å². The fraction of sp³-hybridized carbons (Fsp3) is 0.600. The van der Waals surface area contributed by atoms with Gasteiger partial charge in [-0.25, -0.2) is 16.8 Å². The Morgan fingerprint density at radius 1 is 1.24 bits per heavy atom. The van der Waals surface area contributed by atoms with Gasteiger partial charge in [-0.2, -0.15) is 13.2 Å². The molecule has 0 aromatic heterocycles. The third-order valence-corrected chi connectivity index (χ3v) is 8.46. The normalized spacial score (nSPS) is 23.5. The molecule has 3 rings (SSSR count). The highest BCUT2D eigenvalue weighted by atomic mass is 32.2. The van der Waals surface area contributed by atoms with Gasteiger partial charge in [0.2, 0.25) is 10.0 Å². The number of hydrogen-bond acceptors (Lipinski definition) is 4. The number of rotatable bonds is 3. The van der Waals surface area contributed by atoms with Crippen LogP contribution in [0.15, 0.2) is 18.2 Å². The first-order valence-corrected chi connectivity index (χ1v) is 11.3. The fourth-order valence-corrected chi connectivity index (χ4v) is 7.42. The molecule has 2 aliphatic rings. The van der Waals surface area contributed by atoms with Crippen molar-refractivity contribution in [2.24, 2.45) is 5.92 Å². The molecule has 1 aromatic carbocycles. The lowest BCUT2D eigenvalue weighted by atomic mass is 10.0. The van der Waals surface area contributed by atoms with Crippen molar-refractivity contribution in [2.45, 2.75) is 25.4 Å². The molecule has 2 heterocycles. The number of nitrogens with zero attached hydrogens (tertiary/aromatic N) is 1. The number of anilines is 1. The molecule has 140 valence electrons. The number of hydrogen-bond donors (Lipinski definition) is 0. The topological polar surface area (TPSA) is 71.5 Å². The average Bonchev–Trinajstić information content (AvgIpc) is 2.88. The van der Waals surface area contributed by atoms with Gasteiger partial charge in [0.1, 0.15) is 0 Å². The van der Waals surface area contributed by atoms with Gasteiger partial charge in [0.15, 0.2) is 9.84 Å². The summed E-state index contributed by atoms with van der Waals surface area (Å²) in [6, 6.07) is 3.51. The zero-order chi connectivity index (χ0) is 18.5. The van der Waals surface area contributed by atoms with Crippen molar-refractivity contribution in [2.75, 3.05) is 28.1 Å². The van der Waals surface area contributed by atoms with Gasteiger partial charge in [0.25, 0.3) is 0 Å². The van der Waals surface area contributed by atoms with Crippen molar-refractivity contribution >= 4 is 25.5 Å². The summed E-state index contributed by atoms with van der Waals surface area (Å²) < 4.78 is 89.0. The molecule has 10 heteroatoms. The van der Waals surface area contributed by atoms with Crippen LogP contribution in [0, 0.1) is 5.92 Å². The van der Waals surface area contributed by atoms with Crippen molar-refractivity contribution in [3.8, 4) is 0 Å². The van der Waals surface area contributed by atoms with Crippen molar-refractivity contribution in [3.63, 3.8) is 0 Å². The summed E-state index contributed by atoms with van der Waals surface area (Å²) in [6.45, 7) is -0.0514. The summed E-state index contributed by atoms with van der Waals surface area (Å²) in [5.41, 5.74) is -0.786. The maximum Gasteiger partial charge on any atom is 0.416 e. The molecular formula is C15H18F3NO4S2. The first-order valence-electron chi connectivity index (χ1n) is 7.89. The Morgan fingerprint density at radius 3 is 2.60 bits per heavy atom. The number of alkyl halides is 3. The quantitative estimate of drug-likeness (QED) is 0.784. The Bertz CT molecular complexity index is 879. The van der Waals surface area contributed by atoms with Crippen LogP contribution in [-0.4, -0.2) is 40.6 Å². The molecule has 0 bridgehead atoms. The Morgan fingerprint density at radius 2 is 1.96 bits per heavy atom. The van der Waals surface area contributed by atoms with E-state index in [0.717, 1.165) is 10.4 Å². The molecule has 25 heavy (non-hydrogen) atoms.